The maximum atomic E-state index is 14.7. The van der Waals surface area contributed by atoms with Crippen LogP contribution in [0.15, 0.2) is 54.7 Å². The highest BCUT2D eigenvalue weighted by Crippen LogP contribution is 2.19. The van der Waals surface area contributed by atoms with Gasteiger partial charge in [0.2, 0.25) is 0 Å². The van der Waals surface area contributed by atoms with Gasteiger partial charge < -0.3 is 20.7 Å². The Balaban J connectivity index is 1.72. The molecular formula is C29H33F2N5O3. The Kier molecular flexibility index (Phi) is 10.1. The van der Waals surface area contributed by atoms with Crippen LogP contribution in [0.2, 0.25) is 0 Å². The summed E-state index contributed by atoms with van der Waals surface area (Å²) < 4.78 is 33.5. The molecule has 2 amide bonds. The molecule has 0 aliphatic heterocycles. The number of ether oxygens (including phenoxy) is 1. The summed E-state index contributed by atoms with van der Waals surface area (Å²) >= 11 is 0. The van der Waals surface area contributed by atoms with E-state index in [0.29, 0.717) is 24.2 Å². The molecule has 8 nitrogen and oxygen atoms in total. The number of nitrogens with zero attached hydrogens (tertiary/aromatic N) is 2. The van der Waals surface area contributed by atoms with Crippen molar-refractivity contribution in [3.8, 4) is 0 Å². The standard InChI is InChI=1S/C29H33F2N5O3/c1-5-8-24-23(31)16-22(26(36-24)33-14-12-19-9-6-11-21(30)15-19)27(37)34-17-20-10-7-13-32-25(20)18-35-28(38)39-29(2,3)4/h5-11,13,15-16H,12,14,17-18H2,1-4H3,(H,33,36)(H,34,37)(H,35,38). The first-order valence-electron chi connectivity index (χ1n) is 12.5. The minimum Gasteiger partial charge on any atom is -0.444 e. The van der Waals surface area contributed by atoms with E-state index >= 15 is 0 Å². The number of rotatable bonds is 10. The van der Waals surface area contributed by atoms with Crippen molar-refractivity contribution >= 4 is 23.9 Å². The first-order valence-corrected chi connectivity index (χ1v) is 12.5. The number of alkyl carbamates (subject to hydrolysis) is 1. The van der Waals surface area contributed by atoms with Gasteiger partial charge in [-0.25, -0.2) is 18.6 Å². The molecule has 206 valence electrons. The van der Waals surface area contributed by atoms with Crippen molar-refractivity contribution in [1.82, 2.24) is 20.6 Å². The molecule has 3 rings (SSSR count). The molecule has 0 spiro atoms. The number of halogens is 2. The van der Waals surface area contributed by atoms with Gasteiger partial charge in [-0.05, 0) is 75.6 Å². The minimum absolute atomic E-state index is 0.0253. The largest absolute Gasteiger partial charge is 0.444 e. The number of nitrogens with one attached hydrogen (secondary N) is 3. The summed E-state index contributed by atoms with van der Waals surface area (Å²) in [6.45, 7) is 7.56. The summed E-state index contributed by atoms with van der Waals surface area (Å²) in [7, 11) is 0. The topological polar surface area (TPSA) is 105 Å². The van der Waals surface area contributed by atoms with Gasteiger partial charge in [-0.15, -0.1) is 0 Å². The predicted octanol–water partition coefficient (Wildman–Crippen LogP) is 5.40. The van der Waals surface area contributed by atoms with Crippen molar-refractivity contribution < 1.29 is 23.1 Å². The third-order valence-electron chi connectivity index (χ3n) is 5.39. The first kappa shape index (κ1) is 29.2. The fourth-order valence-electron chi connectivity index (χ4n) is 3.64. The van der Waals surface area contributed by atoms with Crippen LogP contribution < -0.4 is 16.0 Å². The molecule has 0 aliphatic rings. The molecule has 0 saturated heterocycles. The molecule has 0 atom stereocenters. The second-order valence-electron chi connectivity index (χ2n) is 9.71. The molecule has 3 aromatic rings. The van der Waals surface area contributed by atoms with E-state index in [-0.39, 0.29) is 36.0 Å². The van der Waals surface area contributed by atoms with Gasteiger partial charge in [0.05, 0.1) is 17.8 Å². The van der Waals surface area contributed by atoms with Gasteiger partial charge in [-0.1, -0.05) is 24.3 Å². The maximum absolute atomic E-state index is 14.7. The third kappa shape index (κ3) is 9.17. The highest BCUT2D eigenvalue weighted by molar-refractivity contribution is 5.99. The summed E-state index contributed by atoms with van der Waals surface area (Å²) in [6.07, 6.45) is 4.63. The van der Waals surface area contributed by atoms with E-state index in [9.17, 15) is 18.4 Å². The van der Waals surface area contributed by atoms with E-state index in [1.165, 1.54) is 18.2 Å². The SMILES string of the molecule is CC=Cc1nc(NCCc2cccc(F)c2)c(C(=O)NCc2cccnc2CNC(=O)OC(C)(C)C)cc1F. The Morgan fingerprint density at radius 3 is 2.56 bits per heavy atom. The number of allylic oxidation sites excluding steroid dienone is 1. The lowest BCUT2D eigenvalue weighted by molar-refractivity contribution is 0.0522. The molecule has 39 heavy (non-hydrogen) atoms. The monoisotopic (exact) mass is 537 g/mol. The zero-order valence-corrected chi connectivity index (χ0v) is 22.5. The second kappa shape index (κ2) is 13.5. The molecule has 0 unspecified atom stereocenters. The zero-order valence-electron chi connectivity index (χ0n) is 22.5. The van der Waals surface area contributed by atoms with Crippen LogP contribution in [0.4, 0.5) is 19.4 Å². The van der Waals surface area contributed by atoms with Crippen molar-refractivity contribution in [3.05, 3.63) is 94.5 Å². The molecule has 0 aliphatic carbocycles. The minimum atomic E-state index is -0.641. The molecular weight excluding hydrogens is 504 g/mol. The molecule has 10 heteroatoms. The number of anilines is 1. The van der Waals surface area contributed by atoms with Crippen molar-refractivity contribution in [2.75, 3.05) is 11.9 Å². The molecule has 0 saturated carbocycles. The van der Waals surface area contributed by atoms with Crippen LogP contribution in [0.3, 0.4) is 0 Å². The van der Waals surface area contributed by atoms with Gasteiger partial charge in [0.1, 0.15) is 28.7 Å². The van der Waals surface area contributed by atoms with Crippen molar-refractivity contribution in [3.63, 3.8) is 0 Å². The lowest BCUT2D eigenvalue weighted by atomic mass is 10.1. The Bertz CT molecular complexity index is 1340. The van der Waals surface area contributed by atoms with Gasteiger partial charge in [-0.3, -0.25) is 9.78 Å². The predicted molar refractivity (Wildman–Crippen MR) is 146 cm³/mol. The Morgan fingerprint density at radius 2 is 1.85 bits per heavy atom. The van der Waals surface area contributed by atoms with Crippen LogP contribution in [0.25, 0.3) is 6.08 Å². The van der Waals surface area contributed by atoms with Crippen LogP contribution in [0.5, 0.6) is 0 Å². The summed E-state index contributed by atoms with van der Waals surface area (Å²) in [5.74, 6) is -1.32. The average molecular weight is 538 g/mol. The van der Waals surface area contributed by atoms with Crippen molar-refractivity contribution in [2.45, 2.75) is 52.8 Å². The van der Waals surface area contributed by atoms with E-state index in [2.05, 4.69) is 25.9 Å². The lowest BCUT2D eigenvalue weighted by Gasteiger charge is -2.20. The third-order valence-corrected chi connectivity index (χ3v) is 5.39. The van der Waals surface area contributed by atoms with Crippen molar-refractivity contribution in [2.24, 2.45) is 0 Å². The Labute approximate surface area is 226 Å². The molecule has 0 radical (unpaired) electrons. The lowest BCUT2D eigenvalue weighted by Crippen LogP contribution is -2.33. The number of benzene rings is 1. The van der Waals surface area contributed by atoms with E-state index in [4.69, 9.17) is 4.74 Å². The number of hydrogen-bond acceptors (Lipinski definition) is 6. The molecule has 2 aromatic heterocycles. The van der Waals surface area contributed by atoms with Crippen LogP contribution in [0, 0.1) is 11.6 Å². The highest BCUT2D eigenvalue weighted by atomic mass is 19.1. The van der Waals surface area contributed by atoms with Gasteiger partial charge in [0.25, 0.3) is 5.91 Å². The number of pyridine rings is 2. The number of hydrogen-bond donors (Lipinski definition) is 3. The fraction of sp³-hybridized carbons (Fsp3) is 0.310. The quantitative estimate of drug-likeness (QED) is 0.320. The molecule has 0 bridgehead atoms. The number of aromatic nitrogens is 2. The van der Waals surface area contributed by atoms with Crippen molar-refractivity contribution in [1.29, 1.82) is 0 Å². The van der Waals surface area contributed by atoms with Gasteiger partial charge in [-0.2, -0.15) is 0 Å². The molecule has 1 aromatic carbocycles. The molecule has 3 N–H and O–H groups in total. The highest BCUT2D eigenvalue weighted by Gasteiger charge is 2.19. The second-order valence-corrected chi connectivity index (χ2v) is 9.71. The smallest absolute Gasteiger partial charge is 0.407 e. The van der Waals surface area contributed by atoms with Crippen LogP contribution in [0.1, 0.15) is 60.6 Å². The Hall–Kier alpha value is -4.34. The zero-order chi connectivity index (χ0) is 28.4. The van der Waals surface area contributed by atoms with Crippen LogP contribution >= 0.6 is 0 Å². The number of carbonyl (C=O) groups is 2. The van der Waals surface area contributed by atoms with E-state index < -0.39 is 23.4 Å². The Morgan fingerprint density at radius 1 is 1.05 bits per heavy atom. The average Bonchev–Trinajstić information content (AvgIpc) is 2.87. The summed E-state index contributed by atoms with van der Waals surface area (Å²) in [6, 6.07) is 10.8. The maximum Gasteiger partial charge on any atom is 0.407 e. The summed E-state index contributed by atoms with van der Waals surface area (Å²) in [4.78, 5) is 33.8. The van der Waals surface area contributed by atoms with Gasteiger partial charge >= 0.3 is 6.09 Å². The molecule has 2 heterocycles. The number of amides is 2. The van der Waals surface area contributed by atoms with E-state index in [1.807, 2.05) is 0 Å². The normalized spacial score (nSPS) is 11.3. The van der Waals surface area contributed by atoms with Crippen LogP contribution in [-0.4, -0.2) is 34.1 Å². The van der Waals surface area contributed by atoms with Gasteiger partial charge in [0, 0.05) is 19.3 Å². The van der Waals surface area contributed by atoms with Crippen LogP contribution in [-0.2, 0) is 24.2 Å². The van der Waals surface area contributed by atoms with E-state index in [1.54, 1.807) is 64.2 Å². The van der Waals surface area contributed by atoms with E-state index in [0.717, 1.165) is 11.6 Å². The summed E-state index contributed by atoms with van der Waals surface area (Å²) in [5, 5.41) is 8.51. The molecule has 0 fully saturated rings. The fourth-order valence-corrected chi connectivity index (χ4v) is 3.64. The van der Waals surface area contributed by atoms with Gasteiger partial charge in [0.15, 0.2) is 0 Å². The summed E-state index contributed by atoms with van der Waals surface area (Å²) in [5.41, 5.74) is 1.46. The first-order chi connectivity index (χ1) is 18.6. The number of carbonyl (C=O) groups excluding carboxylic acids is 2.